The zero-order valence-electron chi connectivity index (χ0n) is 14.9. The van der Waals surface area contributed by atoms with Gasteiger partial charge in [-0.1, -0.05) is 0 Å². The predicted molar refractivity (Wildman–Crippen MR) is 87.0 cm³/mol. The van der Waals surface area contributed by atoms with E-state index < -0.39 is 29.0 Å². The Hall–Kier alpha value is -1.14. The molecule has 24 heavy (non-hydrogen) atoms. The van der Waals surface area contributed by atoms with Crippen LogP contribution in [-0.2, 0) is 19.1 Å². The van der Waals surface area contributed by atoms with E-state index in [2.05, 4.69) is 0 Å². The van der Waals surface area contributed by atoms with Gasteiger partial charge in [0.1, 0.15) is 0 Å². The molecule has 0 spiro atoms. The van der Waals surface area contributed by atoms with E-state index in [-0.39, 0.29) is 18.3 Å². The molecule has 0 aromatic heterocycles. The lowest BCUT2D eigenvalue weighted by Gasteiger charge is -2.37. The molecule has 2 rings (SSSR count). The first-order valence-electron chi connectivity index (χ1n) is 8.83. The van der Waals surface area contributed by atoms with E-state index in [1.807, 2.05) is 6.92 Å². The molecule has 6 heteroatoms. The Labute approximate surface area is 143 Å². The van der Waals surface area contributed by atoms with Gasteiger partial charge in [0.15, 0.2) is 0 Å². The van der Waals surface area contributed by atoms with Crippen molar-refractivity contribution in [1.82, 2.24) is 0 Å². The highest BCUT2D eigenvalue weighted by molar-refractivity contribution is 5.82. The van der Waals surface area contributed by atoms with Gasteiger partial charge >= 0.3 is 11.9 Å². The maximum atomic E-state index is 12.4. The van der Waals surface area contributed by atoms with Crippen molar-refractivity contribution in [3.05, 3.63) is 0 Å². The Morgan fingerprint density at radius 3 is 2.12 bits per heavy atom. The van der Waals surface area contributed by atoms with Crippen molar-refractivity contribution >= 4 is 11.9 Å². The summed E-state index contributed by atoms with van der Waals surface area (Å²) in [7, 11) is 1.29. The van der Waals surface area contributed by atoms with Crippen molar-refractivity contribution in [2.24, 2.45) is 17.8 Å². The molecule has 0 amide bonds. The van der Waals surface area contributed by atoms with Gasteiger partial charge in [-0.25, -0.2) is 0 Å². The topological polar surface area (TPSA) is 93.1 Å². The van der Waals surface area contributed by atoms with Crippen LogP contribution < -0.4 is 0 Å². The summed E-state index contributed by atoms with van der Waals surface area (Å²) in [5, 5.41) is 20.2. The lowest BCUT2D eigenvalue weighted by atomic mass is 9.72. The molecule has 2 N–H and O–H groups in total. The van der Waals surface area contributed by atoms with Crippen molar-refractivity contribution in [1.29, 1.82) is 0 Å². The van der Waals surface area contributed by atoms with Gasteiger partial charge < -0.3 is 19.7 Å². The van der Waals surface area contributed by atoms with Crippen LogP contribution in [0.5, 0.6) is 0 Å². The average molecular weight is 342 g/mol. The fourth-order valence-electron chi connectivity index (χ4n) is 3.84. The molecule has 0 heterocycles. The van der Waals surface area contributed by atoms with E-state index in [4.69, 9.17) is 9.47 Å². The third-order valence-corrected chi connectivity index (χ3v) is 5.59. The lowest BCUT2D eigenvalue weighted by Crippen LogP contribution is -2.44. The van der Waals surface area contributed by atoms with E-state index in [1.165, 1.54) is 7.11 Å². The summed E-state index contributed by atoms with van der Waals surface area (Å²) in [6, 6.07) is 0. The fourth-order valence-corrected chi connectivity index (χ4v) is 3.84. The number of hydrogen-bond donors (Lipinski definition) is 2. The van der Waals surface area contributed by atoms with Crippen LogP contribution in [0.25, 0.3) is 0 Å². The van der Waals surface area contributed by atoms with E-state index in [9.17, 15) is 19.8 Å². The number of methoxy groups -OCH3 is 1. The second-order valence-electron chi connectivity index (χ2n) is 8.05. The highest BCUT2D eigenvalue weighted by Crippen LogP contribution is 2.38. The Bertz CT molecular complexity index is 460. The van der Waals surface area contributed by atoms with Gasteiger partial charge in [0, 0.05) is 0 Å². The summed E-state index contributed by atoms with van der Waals surface area (Å²) in [6.07, 6.45) is 4.20. The molecule has 2 aliphatic carbocycles. The first kappa shape index (κ1) is 19.2. The lowest BCUT2D eigenvalue weighted by molar-refractivity contribution is -0.167. The van der Waals surface area contributed by atoms with Gasteiger partial charge in [0.05, 0.1) is 36.8 Å². The summed E-state index contributed by atoms with van der Waals surface area (Å²) in [5.74, 6) is -1.79. The van der Waals surface area contributed by atoms with E-state index in [1.54, 1.807) is 6.92 Å². The SMILES string of the molecule is COC(=O)C1CC(C)(O)CCC1C(=O)OCC1CCC(C)(O)CC1. The first-order valence-corrected chi connectivity index (χ1v) is 8.83. The van der Waals surface area contributed by atoms with Gasteiger partial charge in [0.25, 0.3) is 0 Å². The smallest absolute Gasteiger partial charge is 0.309 e. The molecule has 0 aromatic carbocycles. The Balaban J connectivity index is 1.89. The van der Waals surface area contributed by atoms with E-state index >= 15 is 0 Å². The van der Waals surface area contributed by atoms with Gasteiger partial charge in [-0.2, -0.15) is 0 Å². The molecule has 0 aliphatic heterocycles. The standard InChI is InChI=1S/C18H30O6/c1-17(21)7-4-12(5-8-17)11-24-16(20)13-6-9-18(2,22)10-14(13)15(19)23-3/h12-14,21-22H,4-11H2,1-3H3. The Morgan fingerprint density at radius 1 is 0.958 bits per heavy atom. The summed E-state index contributed by atoms with van der Waals surface area (Å²) in [6.45, 7) is 3.85. The number of esters is 2. The van der Waals surface area contributed by atoms with Crippen LogP contribution >= 0.6 is 0 Å². The van der Waals surface area contributed by atoms with E-state index in [0.717, 1.165) is 12.8 Å². The van der Waals surface area contributed by atoms with Crippen LogP contribution in [0.3, 0.4) is 0 Å². The van der Waals surface area contributed by atoms with Crippen molar-refractivity contribution < 1.29 is 29.3 Å². The minimum Gasteiger partial charge on any atom is -0.469 e. The monoisotopic (exact) mass is 342 g/mol. The minimum absolute atomic E-state index is 0.214. The Morgan fingerprint density at radius 2 is 1.54 bits per heavy atom. The first-order chi connectivity index (χ1) is 11.1. The van der Waals surface area contributed by atoms with Crippen LogP contribution in [0, 0.1) is 17.8 Å². The molecule has 0 saturated heterocycles. The highest BCUT2D eigenvalue weighted by Gasteiger charge is 2.45. The molecule has 0 aromatic rings. The second kappa shape index (κ2) is 7.40. The summed E-state index contributed by atoms with van der Waals surface area (Å²) in [5.41, 5.74) is -1.56. The van der Waals surface area contributed by atoms with Gasteiger partial charge in [-0.3, -0.25) is 9.59 Å². The molecule has 3 atom stereocenters. The van der Waals surface area contributed by atoms with E-state index in [0.29, 0.717) is 32.3 Å². The number of carbonyl (C=O) groups is 2. The molecule has 2 aliphatic rings. The summed E-state index contributed by atoms with van der Waals surface area (Å²) >= 11 is 0. The third-order valence-electron chi connectivity index (χ3n) is 5.59. The van der Waals surface area contributed by atoms with Crippen LogP contribution in [-0.4, -0.2) is 47.1 Å². The number of carbonyl (C=O) groups excluding carboxylic acids is 2. The van der Waals surface area contributed by atoms with Crippen molar-refractivity contribution in [2.45, 2.75) is 70.0 Å². The van der Waals surface area contributed by atoms with Crippen LogP contribution in [0.2, 0.25) is 0 Å². The van der Waals surface area contributed by atoms with Crippen LogP contribution in [0.1, 0.15) is 58.8 Å². The average Bonchev–Trinajstić information content (AvgIpc) is 2.52. The van der Waals surface area contributed by atoms with Crippen LogP contribution in [0.4, 0.5) is 0 Å². The normalized spacial score (nSPS) is 40.0. The molecule has 3 unspecified atom stereocenters. The summed E-state index contributed by atoms with van der Waals surface area (Å²) in [4.78, 5) is 24.4. The highest BCUT2D eigenvalue weighted by atomic mass is 16.5. The van der Waals surface area contributed by atoms with Crippen molar-refractivity contribution in [3.8, 4) is 0 Å². The molecule has 2 saturated carbocycles. The van der Waals surface area contributed by atoms with Crippen molar-refractivity contribution in [3.63, 3.8) is 0 Å². The van der Waals surface area contributed by atoms with Crippen molar-refractivity contribution in [2.75, 3.05) is 13.7 Å². The minimum atomic E-state index is -0.954. The largest absolute Gasteiger partial charge is 0.469 e. The fraction of sp³-hybridized carbons (Fsp3) is 0.889. The van der Waals surface area contributed by atoms with Gasteiger partial charge in [-0.05, 0) is 64.7 Å². The molecule has 0 bridgehead atoms. The number of ether oxygens (including phenoxy) is 2. The maximum absolute atomic E-state index is 12.4. The van der Waals surface area contributed by atoms with Gasteiger partial charge in [0.2, 0.25) is 0 Å². The van der Waals surface area contributed by atoms with Crippen LogP contribution in [0.15, 0.2) is 0 Å². The number of rotatable bonds is 4. The molecular formula is C18H30O6. The molecule has 138 valence electrons. The molecule has 6 nitrogen and oxygen atoms in total. The predicted octanol–water partition coefficient (Wildman–Crippen LogP) is 1.81. The Kier molecular flexibility index (Phi) is 5.91. The summed E-state index contributed by atoms with van der Waals surface area (Å²) < 4.78 is 10.3. The zero-order valence-corrected chi connectivity index (χ0v) is 14.9. The molecular weight excluding hydrogens is 312 g/mol. The number of hydrogen-bond acceptors (Lipinski definition) is 6. The quantitative estimate of drug-likeness (QED) is 0.757. The maximum Gasteiger partial charge on any atom is 0.309 e. The van der Waals surface area contributed by atoms with Gasteiger partial charge in [-0.15, -0.1) is 0 Å². The molecule has 2 fully saturated rings. The molecule has 0 radical (unpaired) electrons. The number of aliphatic hydroxyl groups is 2. The zero-order chi connectivity index (χ0) is 18.0. The second-order valence-corrected chi connectivity index (χ2v) is 8.05. The third kappa shape index (κ3) is 4.93.